The maximum atomic E-state index is 13.3. The number of carbonyl (C=O) groups is 2. The highest BCUT2D eigenvalue weighted by molar-refractivity contribution is 6.46. The number of hydrogen-bond acceptors (Lipinski definition) is 6. The molecule has 1 amide bonds. The Kier molecular flexibility index (Phi) is 7.47. The van der Waals surface area contributed by atoms with Crippen LogP contribution in [0.1, 0.15) is 41.1 Å². The van der Waals surface area contributed by atoms with Crippen LogP contribution in [-0.4, -0.2) is 48.1 Å². The van der Waals surface area contributed by atoms with Crippen LogP contribution >= 0.6 is 0 Å². The number of likely N-dealkylation sites (tertiary alicyclic amines) is 1. The minimum atomic E-state index is -0.737. The first-order chi connectivity index (χ1) is 18.5. The molecule has 2 fully saturated rings. The minimum Gasteiger partial charge on any atom is -0.507 e. The van der Waals surface area contributed by atoms with Gasteiger partial charge in [-0.25, -0.2) is 0 Å². The van der Waals surface area contributed by atoms with Crippen LogP contribution in [0.2, 0.25) is 0 Å². The molecule has 196 valence electrons. The summed E-state index contributed by atoms with van der Waals surface area (Å²) in [5.74, 6) is -0.218. The number of hydrogen-bond donors (Lipinski definition) is 1. The predicted octanol–water partition coefficient (Wildman–Crippen LogP) is 5.18. The van der Waals surface area contributed by atoms with E-state index < -0.39 is 17.7 Å². The van der Waals surface area contributed by atoms with Crippen LogP contribution in [0.5, 0.6) is 11.5 Å². The van der Waals surface area contributed by atoms with Crippen LogP contribution in [0.15, 0.2) is 78.4 Å². The summed E-state index contributed by atoms with van der Waals surface area (Å²) in [4.78, 5) is 28.1. The monoisotopic (exact) mass is 513 g/mol. The molecule has 0 aliphatic carbocycles. The Morgan fingerprint density at radius 2 is 1.82 bits per heavy atom. The lowest BCUT2D eigenvalue weighted by atomic mass is 9.94. The standard InChI is InChI=1S/C31H31NO6/c1-20-17-23(12-15-26(20)38-19-21-7-4-3-5-8-21)29(33)27-28(22-10-13-24(36-2)14-11-22)32(31(35)30(27)34)18-25-9-6-16-37-25/h3-5,7-8,10-15,17,25,28,33H,6,9,16,18-19H2,1-2H3/b29-27-. The van der Waals surface area contributed by atoms with E-state index in [1.54, 1.807) is 37.4 Å². The van der Waals surface area contributed by atoms with Gasteiger partial charge in [0, 0.05) is 18.7 Å². The Morgan fingerprint density at radius 1 is 1.05 bits per heavy atom. The molecule has 1 N–H and O–H groups in total. The number of benzene rings is 3. The van der Waals surface area contributed by atoms with E-state index in [0.717, 1.165) is 24.0 Å². The summed E-state index contributed by atoms with van der Waals surface area (Å²) in [5, 5.41) is 11.4. The van der Waals surface area contributed by atoms with Crippen LogP contribution in [0, 0.1) is 6.92 Å². The molecule has 5 rings (SSSR count). The Bertz CT molecular complexity index is 1340. The number of nitrogens with zero attached hydrogens (tertiary/aromatic N) is 1. The second-order valence-electron chi connectivity index (χ2n) is 9.61. The molecule has 2 unspecified atom stereocenters. The Labute approximate surface area is 222 Å². The number of aliphatic hydroxyl groups is 1. The van der Waals surface area contributed by atoms with E-state index in [9.17, 15) is 14.7 Å². The number of methoxy groups -OCH3 is 1. The van der Waals surface area contributed by atoms with Gasteiger partial charge in [0.2, 0.25) is 0 Å². The van der Waals surface area contributed by atoms with Gasteiger partial charge < -0.3 is 24.2 Å². The minimum absolute atomic E-state index is 0.0653. The van der Waals surface area contributed by atoms with E-state index in [0.29, 0.717) is 35.8 Å². The fourth-order valence-corrected chi connectivity index (χ4v) is 5.06. The van der Waals surface area contributed by atoms with Crippen LogP contribution in [0.3, 0.4) is 0 Å². The average molecular weight is 514 g/mol. The highest BCUT2D eigenvalue weighted by atomic mass is 16.5. The number of amides is 1. The van der Waals surface area contributed by atoms with E-state index >= 15 is 0 Å². The van der Waals surface area contributed by atoms with Gasteiger partial charge in [0.1, 0.15) is 23.9 Å². The van der Waals surface area contributed by atoms with Crippen molar-refractivity contribution in [2.24, 2.45) is 0 Å². The molecule has 0 saturated carbocycles. The molecule has 2 aliphatic heterocycles. The normalized spacial score (nSPS) is 20.6. The molecule has 2 atom stereocenters. The number of ketones is 1. The van der Waals surface area contributed by atoms with Crippen molar-refractivity contribution in [3.63, 3.8) is 0 Å². The zero-order valence-electron chi connectivity index (χ0n) is 21.6. The summed E-state index contributed by atoms with van der Waals surface area (Å²) in [5.41, 5.74) is 3.08. The maximum Gasteiger partial charge on any atom is 0.295 e. The number of aryl methyl sites for hydroxylation is 1. The van der Waals surface area contributed by atoms with Crippen molar-refractivity contribution in [3.05, 3.63) is 101 Å². The zero-order chi connectivity index (χ0) is 26.6. The largest absolute Gasteiger partial charge is 0.507 e. The summed E-state index contributed by atoms with van der Waals surface area (Å²) in [6.07, 6.45) is 1.60. The third-order valence-corrected chi connectivity index (χ3v) is 7.08. The summed E-state index contributed by atoms with van der Waals surface area (Å²) >= 11 is 0. The van der Waals surface area contributed by atoms with Gasteiger partial charge in [0.25, 0.3) is 11.7 Å². The fourth-order valence-electron chi connectivity index (χ4n) is 5.06. The molecule has 0 radical (unpaired) electrons. The van der Waals surface area contributed by atoms with Gasteiger partial charge in [0.05, 0.1) is 24.8 Å². The summed E-state index contributed by atoms with van der Waals surface area (Å²) in [7, 11) is 1.58. The smallest absolute Gasteiger partial charge is 0.295 e. The van der Waals surface area contributed by atoms with Gasteiger partial charge >= 0.3 is 0 Å². The topological polar surface area (TPSA) is 85.3 Å². The van der Waals surface area contributed by atoms with Crippen molar-refractivity contribution in [3.8, 4) is 11.5 Å². The molecule has 7 heteroatoms. The van der Waals surface area contributed by atoms with Gasteiger partial charge in [-0.05, 0) is 66.8 Å². The highest BCUT2D eigenvalue weighted by Gasteiger charge is 2.47. The molecule has 7 nitrogen and oxygen atoms in total. The van der Waals surface area contributed by atoms with E-state index in [1.165, 1.54) is 4.90 Å². The van der Waals surface area contributed by atoms with Crippen molar-refractivity contribution in [1.82, 2.24) is 4.90 Å². The van der Waals surface area contributed by atoms with Gasteiger partial charge in [-0.2, -0.15) is 0 Å². The molecule has 2 saturated heterocycles. The quantitative estimate of drug-likeness (QED) is 0.254. The fraction of sp³-hybridized carbons (Fsp3) is 0.290. The number of rotatable bonds is 8. The molecule has 3 aromatic carbocycles. The first-order valence-corrected chi connectivity index (χ1v) is 12.8. The second kappa shape index (κ2) is 11.1. The number of carbonyl (C=O) groups excluding carboxylic acids is 2. The molecule has 2 heterocycles. The third-order valence-electron chi connectivity index (χ3n) is 7.08. The Hall–Kier alpha value is -4.10. The molecule has 0 spiro atoms. The molecule has 3 aromatic rings. The number of Topliss-reactive ketones (excluding diaryl/α,β-unsaturated/α-hetero) is 1. The number of ether oxygens (including phenoxy) is 3. The van der Waals surface area contributed by atoms with E-state index in [2.05, 4.69) is 0 Å². The summed E-state index contributed by atoms with van der Waals surface area (Å²) in [6, 6.07) is 21.6. The molecule has 0 aromatic heterocycles. The Balaban J connectivity index is 1.49. The first-order valence-electron chi connectivity index (χ1n) is 12.8. The van der Waals surface area contributed by atoms with Crippen LogP contribution in [0.25, 0.3) is 5.76 Å². The second-order valence-corrected chi connectivity index (χ2v) is 9.61. The summed E-state index contributed by atoms with van der Waals surface area (Å²) < 4.78 is 17.0. The average Bonchev–Trinajstić information content (AvgIpc) is 3.55. The first kappa shape index (κ1) is 25.5. The van der Waals surface area contributed by atoms with Crippen molar-refractivity contribution < 1.29 is 28.9 Å². The van der Waals surface area contributed by atoms with E-state index in [1.807, 2.05) is 49.4 Å². The molecule has 0 bridgehead atoms. The van der Waals surface area contributed by atoms with Crippen molar-refractivity contribution in [2.45, 2.75) is 38.5 Å². The van der Waals surface area contributed by atoms with Gasteiger partial charge in [0.15, 0.2) is 0 Å². The van der Waals surface area contributed by atoms with Gasteiger partial charge in [-0.3, -0.25) is 9.59 Å². The molecular weight excluding hydrogens is 482 g/mol. The Morgan fingerprint density at radius 3 is 2.47 bits per heavy atom. The SMILES string of the molecule is COc1ccc(C2/C(=C(/O)c3ccc(OCc4ccccc4)c(C)c3)C(=O)C(=O)N2CC2CCCO2)cc1. The lowest BCUT2D eigenvalue weighted by molar-refractivity contribution is -0.140. The molecule has 2 aliphatic rings. The van der Waals surface area contributed by atoms with Crippen LogP contribution in [-0.2, 0) is 20.9 Å². The van der Waals surface area contributed by atoms with Gasteiger partial charge in [-0.1, -0.05) is 42.5 Å². The van der Waals surface area contributed by atoms with Crippen LogP contribution in [0.4, 0.5) is 0 Å². The number of aliphatic hydroxyl groups excluding tert-OH is 1. The van der Waals surface area contributed by atoms with E-state index in [4.69, 9.17) is 14.2 Å². The van der Waals surface area contributed by atoms with Gasteiger partial charge in [-0.15, -0.1) is 0 Å². The zero-order valence-corrected chi connectivity index (χ0v) is 21.6. The lowest BCUT2D eigenvalue weighted by Crippen LogP contribution is -2.36. The lowest BCUT2D eigenvalue weighted by Gasteiger charge is -2.27. The molecule has 38 heavy (non-hydrogen) atoms. The highest BCUT2D eigenvalue weighted by Crippen LogP contribution is 2.41. The van der Waals surface area contributed by atoms with Crippen molar-refractivity contribution in [1.29, 1.82) is 0 Å². The van der Waals surface area contributed by atoms with Crippen molar-refractivity contribution >= 4 is 17.4 Å². The third kappa shape index (κ3) is 5.15. The maximum absolute atomic E-state index is 13.3. The van der Waals surface area contributed by atoms with Crippen LogP contribution < -0.4 is 9.47 Å². The molecular formula is C31H31NO6. The predicted molar refractivity (Wildman–Crippen MR) is 143 cm³/mol. The van der Waals surface area contributed by atoms with E-state index in [-0.39, 0.29) is 24.0 Å². The summed E-state index contributed by atoms with van der Waals surface area (Å²) in [6.45, 7) is 3.22. The van der Waals surface area contributed by atoms with Crippen molar-refractivity contribution in [2.75, 3.05) is 20.3 Å².